The Bertz CT molecular complexity index is 582. The number of carbonyl (C=O) groups excluding carboxylic acids is 1. The molecule has 2 aliphatic rings. The van der Waals surface area contributed by atoms with Crippen molar-refractivity contribution in [3.63, 3.8) is 0 Å². The van der Waals surface area contributed by atoms with Crippen LogP contribution in [0.4, 0.5) is 5.82 Å². The lowest BCUT2D eigenvalue weighted by Crippen LogP contribution is -2.36. The molecule has 25 heavy (non-hydrogen) atoms. The second kappa shape index (κ2) is 8.94. The van der Waals surface area contributed by atoms with Crippen molar-refractivity contribution in [3.05, 3.63) is 24.2 Å². The number of anilines is 1. The lowest BCUT2D eigenvalue weighted by atomic mass is 9.94. The molecule has 0 spiro atoms. The summed E-state index contributed by atoms with van der Waals surface area (Å²) in [5.41, 5.74) is 0.647. The van der Waals surface area contributed by atoms with Gasteiger partial charge in [-0.3, -0.25) is 9.88 Å². The highest BCUT2D eigenvalue weighted by Gasteiger charge is 2.29. The molecule has 6 nitrogen and oxygen atoms in total. The highest BCUT2D eigenvalue weighted by molar-refractivity contribution is 5.86. The fourth-order valence-corrected chi connectivity index (χ4v) is 3.73. The average molecular weight is 344 g/mol. The van der Waals surface area contributed by atoms with Crippen LogP contribution in [0.3, 0.4) is 0 Å². The maximum Gasteiger partial charge on any atom is 0.330 e. The first-order valence-electron chi connectivity index (χ1n) is 9.42. The van der Waals surface area contributed by atoms with Gasteiger partial charge in [-0.05, 0) is 32.3 Å². The van der Waals surface area contributed by atoms with Crippen LogP contribution in [0.25, 0.3) is 6.08 Å². The fraction of sp³-hybridized carbons (Fsp3) is 0.632. The van der Waals surface area contributed by atoms with Gasteiger partial charge in [0.1, 0.15) is 5.82 Å². The summed E-state index contributed by atoms with van der Waals surface area (Å²) in [4.78, 5) is 22.7. The molecule has 2 heterocycles. The van der Waals surface area contributed by atoms with Crippen LogP contribution in [0.15, 0.2) is 18.5 Å². The summed E-state index contributed by atoms with van der Waals surface area (Å²) in [6.07, 6.45) is 14.4. The molecule has 3 rings (SSSR count). The van der Waals surface area contributed by atoms with E-state index in [1.165, 1.54) is 44.7 Å². The Labute approximate surface area is 149 Å². The molecule has 136 valence electrons. The van der Waals surface area contributed by atoms with E-state index >= 15 is 0 Å². The van der Waals surface area contributed by atoms with Gasteiger partial charge in [-0.15, -0.1) is 0 Å². The predicted octanol–water partition coefficient (Wildman–Crippen LogP) is 2.87. The molecule has 1 saturated carbocycles. The molecule has 1 saturated heterocycles. The first kappa shape index (κ1) is 17.9. The Morgan fingerprint density at radius 1 is 1.28 bits per heavy atom. The van der Waals surface area contributed by atoms with E-state index in [0.29, 0.717) is 18.3 Å². The van der Waals surface area contributed by atoms with E-state index in [2.05, 4.69) is 20.2 Å². The number of ether oxygens (including phenoxy) is 1. The van der Waals surface area contributed by atoms with E-state index in [1.54, 1.807) is 25.4 Å². The largest absolute Gasteiger partial charge is 0.463 e. The van der Waals surface area contributed by atoms with Gasteiger partial charge in [0.2, 0.25) is 0 Å². The van der Waals surface area contributed by atoms with E-state index in [4.69, 9.17) is 4.74 Å². The van der Waals surface area contributed by atoms with E-state index in [-0.39, 0.29) is 5.97 Å². The summed E-state index contributed by atoms with van der Waals surface area (Å²) in [5, 5.41) is 3.49. The lowest BCUT2D eigenvalue weighted by molar-refractivity contribution is -0.137. The molecule has 1 atom stereocenters. The zero-order chi connectivity index (χ0) is 17.5. The van der Waals surface area contributed by atoms with Gasteiger partial charge < -0.3 is 10.1 Å². The van der Waals surface area contributed by atoms with Crippen LogP contribution in [0, 0.1) is 0 Å². The first-order chi connectivity index (χ1) is 12.2. The van der Waals surface area contributed by atoms with Crippen molar-refractivity contribution in [1.82, 2.24) is 14.9 Å². The summed E-state index contributed by atoms with van der Waals surface area (Å²) >= 11 is 0. The van der Waals surface area contributed by atoms with Gasteiger partial charge >= 0.3 is 5.97 Å². The molecule has 0 radical (unpaired) electrons. The summed E-state index contributed by atoms with van der Waals surface area (Å²) < 4.78 is 4.85. The minimum absolute atomic E-state index is 0.361. The zero-order valence-corrected chi connectivity index (χ0v) is 15.0. The maximum atomic E-state index is 11.3. The molecule has 2 fully saturated rings. The summed E-state index contributed by atoms with van der Waals surface area (Å²) in [6.45, 7) is 4.42. The fourth-order valence-electron chi connectivity index (χ4n) is 3.73. The highest BCUT2D eigenvalue weighted by Crippen LogP contribution is 2.26. The van der Waals surface area contributed by atoms with Crippen molar-refractivity contribution in [2.24, 2.45) is 0 Å². The minimum atomic E-state index is -0.361. The van der Waals surface area contributed by atoms with Gasteiger partial charge in [0, 0.05) is 31.2 Å². The number of nitrogens with zero attached hydrogens (tertiary/aromatic N) is 3. The molecular formula is C19H28N4O2. The second-order valence-electron chi connectivity index (χ2n) is 6.83. The van der Waals surface area contributed by atoms with Gasteiger partial charge in [0.25, 0.3) is 0 Å². The van der Waals surface area contributed by atoms with Crippen LogP contribution in [0.1, 0.15) is 51.1 Å². The Morgan fingerprint density at radius 2 is 2.12 bits per heavy atom. The van der Waals surface area contributed by atoms with E-state index in [1.807, 2.05) is 0 Å². The summed E-state index contributed by atoms with van der Waals surface area (Å²) in [7, 11) is 0. The van der Waals surface area contributed by atoms with E-state index in [9.17, 15) is 4.79 Å². The topological polar surface area (TPSA) is 67.3 Å². The number of carbonyl (C=O) groups is 1. The molecule has 1 aromatic heterocycles. The number of hydrogen-bond acceptors (Lipinski definition) is 6. The molecule has 0 unspecified atom stereocenters. The second-order valence-corrected chi connectivity index (χ2v) is 6.83. The normalized spacial score (nSPS) is 22.4. The molecule has 1 aliphatic carbocycles. The molecule has 6 heteroatoms. The standard InChI is InChI=1S/C19H28N4O2/c1-2-25-19(24)9-8-15-12-21-18(13-20-15)22-16-10-11-23(14-16)17-6-4-3-5-7-17/h8-9,12-13,16-17H,2-7,10-11,14H2,1H3,(H,21,22)/t16-/m1/s1. The van der Waals surface area contributed by atoms with Crippen LogP contribution in [0.2, 0.25) is 0 Å². The van der Waals surface area contributed by atoms with Crippen molar-refractivity contribution >= 4 is 17.9 Å². The number of rotatable bonds is 6. The van der Waals surface area contributed by atoms with E-state index < -0.39 is 0 Å². The number of esters is 1. The number of nitrogens with one attached hydrogen (secondary N) is 1. The third-order valence-electron chi connectivity index (χ3n) is 5.01. The Kier molecular flexibility index (Phi) is 6.39. The van der Waals surface area contributed by atoms with E-state index in [0.717, 1.165) is 24.8 Å². The van der Waals surface area contributed by atoms with Crippen molar-refractivity contribution in [2.75, 3.05) is 25.0 Å². The van der Waals surface area contributed by atoms with Crippen LogP contribution in [-0.2, 0) is 9.53 Å². The van der Waals surface area contributed by atoms with Gasteiger partial charge in [-0.1, -0.05) is 19.3 Å². The molecule has 1 N–H and O–H groups in total. The highest BCUT2D eigenvalue weighted by atomic mass is 16.5. The average Bonchev–Trinajstić information content (AvgIpc) is 3.11. The maximum absolute atomic E-state index is 11.3. The molecule has 1 aromatic rings. The predicted molar refractivity (Wildman–Crippen MR) is 98.2 cm³/mol. The third kappa shape index (κ3) is 5.26. The van der Waals surface area contributed by atoms with Crippen LogP contribution in [-0.4, -0.2) is 52.6 Å². The molecule has 1 aliphatic heterocycles. The van der Waals surface area contributed by atoms with Crippen LogP contribution < -0.4 is 5.32 Å². The van der Waals surface area contributed by atoms with Crippen LogP contribution >= 0.6 is 0 Å². The smallest absolute Gasteiger partial charge is 0.330 e. The Balaban J connectivity index is 1.48. The SMILES string of the molecule is CCOC(=O)C=Cc1cnc(N[C@@H]2CCN(C3CCCCC3)C2)cn1. The molecular weight excluding hydrogens is 316 g/mol. The molecule has 0 bridgehead atoms. The van der Waals surface area contributed by atoms with Crippen molar-refractivity contribution in [2.45, 2.75) is 57.5 Å². The Hall–Kier alpha value is -1.95. The number of likely N-dealkylation sites (tertiary alicyclic amines) is 1. The van der Waals surface area contributed by atoms with Crippen molar-refractivity contribution in [3.8, 4) is 0 Å². The quantitative estimate of drug-likeness (QED) is 0.632. The summed E-state index contributed by atoms with van der Waals surface area (Å²) in [6, 6.07) is 1.22. The minimum Gasteiger partial charge on any atom is -0.463 e. The zero-order valence-electron chi connectivity index (χ0n) is 15.0. The third-order valence-corrected chi connectivity index (χ3v) is 5.01. The lowest BCUT2D eigenvalue weighted by Gasteiger charge is -2.31. The molecule has 0 aromatic carbocycles. The summed E-state index contributed by atoms with van der Waals surface area (Å²) in [5.74, 6) is 0.434. The molecule has 0 amide bonds. The number of aromatic nitrogens is 2. The first-order valence-corrected chi connectivity index (χ1v) is 9.42. The van der Waals surface area contributed by atoms with Crippen molar-refractivity contribution in [1.29, 1.82) is 0 Å². The number of hydrogen-bond donors (Lipinski definition) is 1. The Morgan fingerprint density at radius 3 is 2.84 bits per heavy atom. The van der Waals surface area contributed by atoms with Gasteiger partial charge in [0.05, 0.1) is 24.7 Å². The van der Waals surface area contributed by atoms with Gasteiger partial charge in [-0.2, -0.15) is 0 Å². The van der Waals surface area contributed by atoms with Crippen molar-refractivity contribution < 1.29 is 9.53 Å². The van der Waals surface area contributed by atoms with Crippen LogP contribution in [0.5, 0.6) is 0 Å². The monoisotopic (exact) mass is 344 g/mol. The van der Waals surface area contributed by atoms with Gasteiger partial charge in [-0.25, -0.2) is 9.78 Å². The van der Waals surface area contributed by atoms with Gasteiger partial charge in [0.15, 0.2) is 0 Å².